The van der Waals surface area contributed by atoms with Gasteiger partial charge in [-0.1, -0.05) is 43.6 Å². The molecule has 3 heteroatoms. The Bertz CT molecular complexity index is 463. The number of nitrogens with zero attached hydrogens (tertiary/aromatic N) is 2. The van der Waals surface area contributed by atoms with E-state index in [0.717, 1.165) is 6.54 Å². The first-order valence-corrected chi connectivity index (χ1v) is 8.57. The van der Waals surface area contributed by atoms with Crippen LogP contribution in [0.3, 0.4) is 0 Å². The molecule has 0 saturated heterocycles. The monoisotopic (exact) mass is 338 g/mol. The zero-order chi connectivity index (χ0) is 14.6. The lowest BCUT2D eigenvalue weighted by atomic mass is 9.50. The van der Waals surface area contributed by atoms with Crippen LogP contribution in [-0.2, 0) is 6.54 Å². The van der Waals surface area contributed by atoms with E-state index in [1.165, 1.54) is 32.1 Å². The standard InChI is InChI=1S/C17H27BrN2/c1-14(2)8-15(3)10-16(4,12-17(18,9-14)11-15)13-20-7-5-6-19-20/h5-7H,8-13H2,1-4H3. The van der Waals surface area contributed by atoms with Crippen molar-refractivity contribution in [1.29, 1.82) is 0 Å². The van der Waals surface area contributed by atoms with Gasteiger partial charge in [0.1, 0.15) is 0 Å². The van der Waals surface area contributed by atoms with Gasteiger partial charge in [0.2, 0.25) is 0 Å². The van der Waals surface area contributed by atoms with Crippen LogP contribution in [0.2, 0.25) is 0 Å². The van der Waals surface area contributed by atoms with Gasteiger partial charge in [0.15, 0.2) is 0 Å². The molecule has 0 spiro atoms. The van der Waals surface area contributed by atoms with Crippen molar-refractivity contribution in [3.63, 3.8) is 0 Å². The minimum absolute atomic E-state index is 0.323. The zero-order valence-corrected chi connectivity index (χ0v) is 14.8. The van der Waals surface area contributed by atoms with Crippen molar-refractivity contribution in [3.8, 4) is 0 Å². The van der Waals surface area contributed by atoms with E-state index in [2.05, 4.69) is 59.6 Å². The summed E-state index contributed by atoms with van der Waals surface area (Å²) in [5.74, 6) is 0. The molecule has 0 N–H and O–H groups in total. The molecule has 20 heavy (non-hydrogen) atoms. The number of hydrogen-bond acceptors (Lipinski definition) is 1. The summed E-state index contributed by atoms with van der Waals surface area (Å²) in [6.07, 6.45) is 10.5. The lowest BCUT2D eigenvalue weighted by molar-refractivity contribution is -0.0372. The van der Waals surface area contributed by atoms with Crippen LogP contribution in [-0.4, -0.2) is 14.1 Å². The van der Waals surface area contributed by atoms with Crippen molar-refractivity contribution in [1.82, 2.24) is 9.78 Å². The molecular formula is C17H27BrN2. The first-order valence-electron chi connectivity index (χ1n) is 7.78. The van der Waals surface area contributed by atoms with E-state index < -0.39 is 0 Å². The Morgan fingerprint density at radius 1 is 1.05 bits per heavy atom. The van der Waals surface area contributed by atoms with Gasteiger partial charge in [0, 0.05) is 23.3 Å². The van der Waals surface area contributed by atoms with E-state index in [1.807, 2.05) is 12.3 Å². The molecular weight excluding hydrogens is 312 g/mol. The molecule has 3 rings (SSSR count). The van der Waals surface area contributed by atoms with Gasteiger partial charge in [-0.05, 0) is 54.4 Å². The first kappa shape index (κ1) is 14.6. The van der Waals surface area contributed by atoms with Gasteiger partial charge in [-0.25, -0.2) is 0 Å². The van der Waals surface area contributed by atoms with Crippen molar-refractivity contribution >= 4 is 15.9 Å². The molecule has 0 aromatic carbocycles. The van der Waals surface area contributed by atoms with E-state index >= 15 is 0 Å². The normalized spacial score (nSPS) is 43.5. The van der Waals surface area contributed by atoms with Gasteiger partial charge in [-0.2, -0.15) is 5.10 Å². The number of aromatic nitrogens is 2. The molecule has 0 aliphatic heterocycles. The third kappa shape index (κ3) is 2.84. The molecule has 2 nitrogen and oxygen atoms in total. The third-order valence-electron chi connectivity index (χ3n) is 5.14. The molecule has 2 saturated carbocycles. The van der Waals surface area contributed by atoms with Crippen LogP contribution in [0.5, 0.6) is 0 Å². The summed E-state index contributed by atoms with van der Waals surface area (Å²) >= 11 is 4.15. The maximum Gasteiger partial charge on any atom is 0.0489 e. The third-order valence-corrected chi connectivity index (χ3v) is 5.99. The summed E-state index contributed by atoms with van der Waals surface area (Å²) in [7, 11) is 0. The summed E-state index contributed by atoms with van der Waals surface area (Å²) in [6.45, 7) is 10.9. The highest BCUT2D eigenvalue weighted by atomic mass is 79.9. The van der Waals surface area contributed by atoms with Crippen molar-refractivity contribution in [2.45, 2.75) is 70.7 Å². The second-order valence-corrected chi connectivity index (χ2v) is 10.7. The molecule has 1 aromatic rings. The first-order chi connectivity index (χ1) is 9.11. The zero-order valence-electron chi connectivity index (χ0n) is 13.2. The SMILES string of the molecule is CC1(C)CC2(C)CC(C)(Cn3cccn3)CC(Br)(C1)C2. The number of rotatable bonds is 2. The Kier molecular flexibility index (Phi) is 3.18. The Morgan fingerprint density at radius 2 is 1.80 bits per heavy atom. The lowest BCUT2D eigenvalue weighted by Crippen LogP contribution is -2.53. The molecule has 112 valence electrons. The Balaban J connectivity index is 1.87. The quantitative estimate of drug-likeness (QED) is 0.691. The predicted molar refractivity (Wildman–Crippen MR) is 87.0 cm³/mol. The second-order valence-electron chi connectivity index (χ2n) is 9.02. The smallest absolute Gasteiger partial charge is 0.0489 e. The van der Waals surface area contributed by atoms with Crippen LogP contribution >= 0.6 is 15.9 Å². The molecule has 3 atom stereocenters. The number of fused-ring (bicyclic) bond motifs is 2. The van der Waals surface area contributed by atoms with Gasteiger partial charge in [-0.15, -0.1) is 0 Å². The molecule has 0 amide bonds. The summed E-state index contributed by atoms with van der Waals surface area (Å²) in [5, 5.41) is 4.42. The topological polar surface area (TPSA) is 17.8 Å². The van der Waals surface area contributed by atoms with Crippen LogP contribution in [0.25, 0.3) is 0 Å². The van der Waals surface area contributed by atoms with Gasteiger partial charge < -0.3 is 0 Å². The molecule has 2 aliphatic rings. The Labute approximate surface area is 131 Å². The van der Waals surface area contributed by atoms with E-state index in [-0.39, 0.29) is 0 Å². The lowest BCUT2D eigenvalue weighted by Gasteiger charge is -2.59. The highest BCUT2D eigenvalue weighted by Crippen LogP contribution is 2.64. The minimum Gasteiger partial charge on any atom is -0.272 e. The summed E-state index contributed by atoms with van der Waals surface area (Å²) in [6, 6.07) is 2.03. The number of hydrogen-bond donors (Lipinski definition) is 0. The van der Waals surface area contributed by atoms with Crippen molar-refractivity contribution in [3.05, 3.63) is 18.5 Å². The maximum absolute atomic E-state index is 4.42. The molecule has 0 radical (unpaired) electrons. The van der Waals surface area contributed by atoms with Crippen LogP contribution in [0, 0.1) is 16.2 Å². The van der Waals surface area contributed by atoms with E-state index in [0.29, 0.717) is 20.6 Å². The van der Waals surface area contributed by atoms with E-state index in [9.17, 15) is 0 Å². The van der Waals surface area contributed by atoms with Gasteiger partial charge >= 0.3 is 0 Å². The van der Waals surface area contributed by atoms with Crippen molar-refractivity contribution in [2.75, 3.05) is 0 Å². The second kappa shape index (κ2) is 4.34. The fraction of sp³-hybridized carbons (Fsp3) is 0.824. The fourth-order valence-electron chi connectivity index (χ4n) is 5.97. The molecule has 1 aromatic heterocycles. The summed E-state index contributed by atoms with van der Waals surface area (Å²) in [4.78, 5) is 0. The van der Waals surface area contributed by atoms with Gasteiger partial charge in [0.05, 0.1) is 0 Å². The molecule has 3 unspecified atom stereocenters. The van der Waals surface area contributed by atoms with Gasteiger partial charge in [0.25, 0.3) is 0 Å². The van der Waals surface area contributed by atoms with Crippen molar-refractivity contribution in [2.24, 2.45) is 16.2 Å². The highest BCUT2D eigenvalue weighted by Gasteiger charge is 2.56. The largest absolute Gasteiger partial charge is 0.272 e. The Morgan fingerprint density at radius 3 is 2.40 bits per heavy atom. The van der Waals surface area contributed by atoms with Crippen LogP contribution in [0.1, 0.15) is 59.8 Å². The maximum atomic E-state index is 4.42. The van der Waals surface area contributed by atoms with Crippen LogP contribution in [0.4, 0.5) is 0 Å². The van der Waals surface area contributed by atoms with E-state index in [4.69, 9.17) is 0 Å². The number of alkyl halides is 1. The average Bonchev–Trinajstić information content (AvgIpc) is 2.60. The predicted octanol–water partition coefficient (Wildman–Crippen LogP) is 5.03. The summed E-state index contributed by atoms with van der Waals surface area (Å²) < 4.78 is 2.44. The molecule has 2 aliphatic carbocycles. The van der Waals surface area contributed by atoms with Crippen LogP contribution in [0.15, 0.2) is 18.5 Å². The van der Waals surface area contributed by atoms with Gasteiger partial charge in [-0.3, -0.25) is 4.68 Å². The average molecular weight is 339 g/mol. The fourth-order valence-corrected chi connectivity index (χ4v) is 8.08. The summed E-state index contributed by atoms with van der Waals surface area (Å²) in [5.41, 5.74) is 1.27. The highest BCUT2D eigenvalue weighted by molar-refractivity contribution is 9.10. The Hall–Kier alpha value is -0.310. The molecule has 1 heterocycles. The minimum atomic E-state index is 0.323. The van der Waals surface area contributed by atoms with E-state index in [1.54, 1.807) is 0 Å². The molecule has 2 fully saturated rings. The van der Waals surface area contributed by atoms with Crippen molar-refractivity contribution < 1.29 is 0 Å². The number of halogens is 1. The molecule has 2 bridgehead atoms. The van der Waals surface area contributed by atoms with Crippen LogP contribution < -0.4 is 0 Å².